The summed E-state index contributed by atoms with van der Waals surface area (Å²) in [7, 11) is 0. The zero-order chi connectivity index (χ0) is 17.5. The highest BCUT2D eigenvalue weighted by Gasteiger charge is 2.60. The molecule has 25 heavy (non-hydrogen) atoms. The highest BCUT2D eigenvalue weighted by molar-refractivity contribution is 5.39. The Balaban J connectivity index is 1.78. The predicted molar refractivity (Wildman–Crippen MR) is 108 cm³/mol. The Kier molecular flexibility index (Phi) is 4.59. The molecule has 0 heterocycles. The molecule has 1 aromatic rings. The molecule has 3 aliphatic carbocycles. The number of unbranched alkanes of at least 4 members (excludes halogenated alkanes) is 2. The van der Waals surface area contributed by atoms with Gasteiger partial charge in [-0.1, -0.05) is 69.9 Å². The van der Waals surface area contributed by atoms with Crippen molar-refractivity contribution in [3.05, 3.63) is 48.0 Å². The smallest absolute Gasteiger partial charge is 0.00129 e. The molecule has 0 spiro atoms. The molecule has 3 aliphatic rings. The van der Waals surface area contributed by atoms with Gasteiger partial charge >= 0.3 is 0 Å². The van der Waals surface area contributed by atoms with E-state index in [2.05, 4.69) is 50.8 Å². The highest BCUT2D eigenvalue weighted by atomic mass is 14.6. The van der Waals surface area contributed by atoms with Gasteiger partial charge in [0.1, 0.15) is 0 Å². The maximum absolute atomic E-state index is 4.45. The van der Waals surface area contributed by atoms with Gasteiger partial charge in [-0.05, 0) is 78.2 Å². The highest BCUT2D eigenvalue weighted by Crippen LogP contribution is 2.69. The lowest BCUT2D eigenvalue weighted by molar-refractivity contribution is -0.0352. The van der Waals surface area contributed by atoms with E-state index < -0.39 is 0 Å². The summed E-state index contributed by atoms with van der Waals surface area (Å²) >= 11 is 0. The SMILES string of the molecule is C=C[C@@]12CCc3ccccc3[C@H]1[C@@H](CCCCC)C[C@]1(C)CCC[C@H]12. The van der Waals surface area contributed by atoms with Crippen molar-refractivity contribution in [2.45, 2.75) is 84.0 Å². The zero-order valence-corrected chi connectivity index (χ0v) is 16.4. The summed E-state index contributed by atoms with van der Waals surface area (Å²) in [6.07, 6.45) is 16.4. The summed E-state index contributed by atoms with van der Waals surface area (Å²) < 4.78 is 0. The summed E-state index contributed by atoms with van der Waals surface area (Å²) in [5.41, 5.74) is 4.24. The minimum absolute atomic E-state index is 0.356. The van der Waals surface area contributed by atoms with Gasteiger partial charge < -0.3 is 0 Å². The molecule has 0 aliphatic heterocycles. The standard InChI is InChI=1S/C25H36/c1-4-6-7-12-20-18-24(3)16-10-14-22(24)25(5-2)17-15-19-11-8-9-13-21(19)23(20)25/h5,8-9,11,13,20,22-23H,2,4,6-7,10,12,14-18H2,1,3H3/t20-,22+,23+,24-,25-/m0/s1. The predicted octanol–water partition coefficient (Wildman–Crippen LogP) is 7.30. The topological polar surface area (TPSA) is 0 Å². The minimum Gasteiger partial charge on any atom is -0.102 e. The van der Waals surface area contributed by atoms with E-state index in [1.54, 1.807) is 11.1 Å². The van der Waals surface area contributed by atoms with Crippen LogP contribution in [0.3, 0.4) is 0 Å². The fourth-order valence-corrected chi connectivity index (χ4v) is 7.35. The number of benzene rings is 1. The van der Waals surface area contributed by atoms with E-state index in [-0.39, 0.29) is 0 Å². The van der Waals surface area contributed by atoms with Crippen molar-refractivity contribution >= 4 is 0 Å². The van der Waals surface area contributed by atoms with E-state index in [1.165, 1.54) is 64.2 Å². The molecule has 0 saturated heterocycles. The van der Waals surface area contributed by atoms with Crippen LogP contribution in [0.15, 0.2) is 36.9 Å². The molecule has 4 rings (SSSR count). The fourth-order valence-electron chi connectivity index (χ4n) is 7.35. The Bertz CT molecular complexity index is 629. The molecular formula is C25H36. The van der Waals surface area contributed by atoms with E-state index >= 15 is 0 Å². The van der Waals surface area contributed by atoms with Crippen LogP contribution >= 0.6 is 0 Å². The molecular weight excluding hydrogens is 300 g/mol. The van der Waals surface area contributed by atoms with E-state index in [9.17, 15) is 0 Å². The average molecular weight is 337 g/mol. The third-order valence-corrected chi connectivity index (χ3v) is 8.29. The van der Waals surface area contributed by atoms with Crippen molar-refractivity contribution < 1.29 is 0 Å². The van der Waals surface area contributed by atoms with E-state index in [0.29, 0.717) is 10.8 Å². The monoisotopic (exact) mass is 336 g/mol. The van der Waals surface area contributed by atoms with Crippen molar-refractivity contribution in [1.82, 2.24) is 0 Å². The Morgan fingerprint density at radius 1 is 1.20 bits per heavy atom. The Morgan fingerprint density at radius 3 is 2.84 bits per heavy atom. The van der Waals surface area contributed by atoms with Crippen LogP contribution in [0.25, 0.3) is 0 Å². The summed E-state index contributed by atoms with van der Waals surface area (Å²) in [5.74, 6) is 2.44. The normalized spacial score (nSPS) is 39.4. The molecule has 0 unspecified atom stereocenters. The van der Waals surface area contributed by atoms with Crippen LogP contribution in [0.1, 0.15) is 88.7 Å². The van der Waals surface area contributed by atoms with E-state index in [4.69, 9.17) is 0 Å². The van der Waals surface area contributed by atoms with Crippen molar-refractivity contribution in [2.24, 2.45) is 22.7 Å². The van der Waals surface area contributed by atoms with Crippen LogP contribution < -0.4 is 0 Å². The molecule has 2 fully saturated rings. The van der Waals surface area contributed by atoms with Gasteiger partial charge in [0.25, 0.3) is 0 Å². The molecule has 0 nitrogen and oxygen atoms in total. The first kappa shape index (κ1) is 17.4. The Morgan fingerprint density at radius 2 is 2.04 bits per heavy atom. The van der Waals surface area contributed by atoms with Gasteiger partial charge in [0.05, 0.1) is 0 Å². The maximum atomic E-state index is 4.45. The summed E-state index contributed by atoms with van der Waals surface area (Å²) in [6.45, 7) is 9.41. The third-order valence-electron chi connectivity index (χ3n) is 8.29. The van der Waals surface area contributed by atoms with Crippen LogP contribution in [0, 0.1) is 22.7 Å². The van der Waals surface area contributed by atoms with Crippen LogP contribution in [0.4, 0.5) is 0 Å². The lowest BCUT2D eigenvalue weighted by atomic mass is 9.44. The molecule has 136 valence electrons. The molecule has 0 radical (unpaired) electrons. The summed E-state index contributed by atoms with van der Waals surface area (Å²) in [6, 6.07) is 9.38. The number of aryl methyl sites for hydroxylation is 1. The van der Waals surface area contributed by atoms with E-state index in [0.717, 1.165) is 17.8 Å². The molecule has 5 atom stereocenters. The van der Waals surface area contributed by atoms with Crippen LogP contribution in [0.2, 0.25) is 0 Å². The van der Waals surface area contributed by atoms with Gasteiger partial charge in [-0.25, -0.2) is 0 Å². The van der Waals surface area contributed by atoms with E-state index in [1.807, 2.05) is 0 Å². The minimum atomic E-state index is 0.356. The van der Waals surface area contributed by atoms with Gasteiger partial charge in [0, 0.05) is 0 Å². The number of rotatable bonds is 5. The maximum Gasteiger partial charge on any atom is -0.00129 e. The van der Waals surface area contributed by atoms with Crippen LogP contribution in [-0.2, 0) is 6.42 Å². The van der Waals surface area contributed by atoms with Crippen LogP contribution in [0.5, 0.6) is 0 Å². The van der Waals surface area contributed by atoms with Crippen molar-refractivity contribution in [1.29, 1.82) is 0 Å². The second kappa shape index (κ2) is 6.60. The first-order valence-electron chi connectivity index (χ1n) is 10.9. The van der Waals surface area contributed by atoms with Crippen molar-refractivity contribution in [2.75, 3.05) is 0 Å². The molecule has 0 aromatic heterocycles. The molecule has 0 amide bonds. The number of hydrogen-bond acceptors (Lipinski definition) is 0. The van der Waals surface area contributed by atoms with Gasteiger partial charge in [-0.3, -0.25) is 0 Å². The number of fused-ring (bicyclic) bond motifs is 5. The summed E-state index contributed by atoms with van der Waals surface area (Å²) in [4.78, 5) is 0. The molecule has 0 N–H and O–H groups in total. The molecule has 0 heteroatoms. The Labute approximate surface area is 155 Å². The van der Waals surface area contributed by atoms with Crippen molar-refractivity contribution in [3.63, 3.8) is 0 Å². The quantitative estimate of drug-likeness (QED) is 0.391. The second-order valence-electron chi connectivity index (χ2n) is 9.55. The third kappa shape index (κ3) is 2.63. The van der Waals surface area contributed by atoms with Crippen LogP contribution in [-0.4, -0.2) is 0 Å². The lowest BCUT2D eigenvalue weighted by Gasteiger charge is -2.60. The lowest BCUT2D eigenvalue weighted by Crippen LogP contribution is -2.51. The first-order chi connectivity index (χ1) is 12.1. The Hall–Kier alpha value is -1.04. The second-order valence-corrected chi connectivity index (χ2v) is 9.55. The van der Waals surface area contributed by atoms with Gasteiger partial charge in [-0.15, -0.1) is 6.58 Å². The average Bonchev–Trinajstić information content (AvgIpc) is 3.03. The fraction of sp³-hybridized carbons (Fsp3) is 0.680. The zero-order valence-electron chi connectivity index (χ0n) is 16.4. The van der Waals surface area contributed by atoms with Crippen molar-refractivity contribution in [3.8, 4) is 0 Å². The van der Waals surface area contributed by atoms with Gasteiger partial charge in [0.2, 0.25) is 0 Å². The molecule has 0 bridgehead atoms. The largest absolute Gasteiger partial charge is 0.102 e. The van der Waals surface area contributed by atoms with Gasteiger partial charge in [0.15, 0.2) is 0 Å². The summed E-state index contributed by atoms with van der Waals surface area (Å²) in [5, 5.41) is 0. The van der Waals surface area contributed by atoms with Gasteiger partial charge in [-0.2, -0.15) is 0 Å². The first-order valence-corrected chi connectivity index (χ1v) is 10.9. The number of allylic oxidation sites excluding steroid dienone is 1. The molecule has 1 aromatic carbocycles. The molecule has 2 saturated carbocycles. The number of hydrogen-bond donors (Lipinski definition) is 0.